The van der Waals surface area contributed by atoms with Crippen molar-refractivity contribution in [2.24, 2.45) is 0 Å². The van der Waals surface area contributed by atoms with Gasteiger partial charge in [0.1, 0.15) is 22.8 Å². The van der Waals surface area contributed by atoms with Crippen LogP contribution in [0.25, 0.3) is 11.3 Å². The van der Waals surface area contributed by atoms with E-state index < -0.39 is 5.60 Å². The smallest absolute Gasteiger partial charge is 0.170 e. The summed E-state index contributed by atoms with van der Waals surface area (Å²) in [5.41, 5.74) is 1.97. The van der Waals surface area contributed by atoms with Crippen LogP contribution in [-0.2, 0) is 0 Å². The van der Waals surface area contributed by atoms with E-state index in [4.69, 9.17) is 14.2 Å². The van der Waals surface area contributed by atoms with Crippen LogP contribution in [-0.4, -0.2) is 48.9 Å². The van der Waals surface area contributed by atoms with E-state index >= 15 is 0 Å². The van der Waals surface area contributed by atoms with Crippen LogP contribution in [0.15, 0.2) is 54.6 Å². The second-order valence-electron chi connectivity index (χ2n) is 8.24. The molecule has 1 aromatic heterocycles. The minimum absolute atomic E-state index is 0.113. The largest absolute Gasteiger partial charge is 0.497 e. The van der Waals surface area contributed by atoms with Gasteiger partial charge in [0, 0.05) is 31.5 Å². The Hall–Kier alpha value is -3.61. The second-order valence-corrected chi connectivity index (χ2v) is 8.24. The number of nitrogens with zero attached hydrogens (tertiary/aromatic N) is 3. The molecule has 0 saturated carbocycles. The molecule has 0 radical (unpaired) electrons. The van der Waals surface area contributed by atoms with Crippen molar-refractivity contribution in [2.75, 3.05) is 32.2 Å². The Kier molecular flexibility index (Phi) is 5.17. The normalized spacial score (nSPS) is 16.9. The monoisotopic (exact) mass is 431 g/mol. The van der Waals surface area contributed by atoms with Crippen LogP contribution in [0.4, 0.5) is 5.82 Å². The first-order chi connectivity index (χ1) is 15.6. The number of hydrogen-bond donors (Lipinski definition) is 0. The SMILES string of the molecule is COc1ccc(-c2ccc(N3CCC4(CC3)CC(=O)c3cc(OC)ccc3O4)nn2)cc1. The minimum atomic E-state index is -0.453. The van der Waals surface area contributed by atoms with Crippen molar-refractivity contribution < 1.29 is 19.0 Å². The van der Waals surface area contributed by atoms with E-state index in [1.54, 1.807) is 20.3 Å². The van der Waals surface area contributed by atoms with Crippen molar-refractivity contribution in [3.05, 3.63) is 60.2 Å². The molecule has 0 amide bonds. The molecule has 0 unspecified atom stereocenters. The van der Waals surface area contributed by atoms with Crippen molar-refractivity contribution in [2.45, 2.75) is 24.9 Å². The number of aromatic nitrogens is 2. The molecule has 0 aliphatic carbocycles. The number of anilines is 1. The van der Waals surface area contributed by atoms with Crippen LogP contribution in [0.2, 0.25) is 0 Å². The van der Waals surface area contributed by atoms with Crippen LogP contribution in [0, 0.1) is 0 Å². The molecule has 2 aromatic carbocycles. The lowest BCUT2D eigenvalue weighted by Gasteiger charge is -2.44. The Bertz CT molecular complexity index is 1120. The number of fused-ring (bicyclic) bond motifs is 1. The molecule has 1 spiro atoms. The number of carbonyl (C=O) groups is 1. The van der Waals surface area contributed by atoms with Gasteiger partial charge >= 0.3 is 0 Å². The first-order valence-electron chi connectivity index (χ1n) is 10.7. The fraction of sp³-hybridized carbons (Fsp3) is 0.320. The van der Waals surface area contributed by atoms with Crippen LogP contribution in [0.3, 0.4) is 0 Å². The molecule has 2 aliphatic rings. The van der Waals surface area contributed by atoms with Gasteiger partial charge in [-0.3, -0.25) is 4.79 Å². The average molecular weight is 431 g/mol. The Morgan fingerprint density at radius 1 is 0.906 bits per heavy atom. The standard InChI is InChI=1S/C25H25N3O4/c1-30-18-5-3-17(4-6-18)21-8-10-24(27-26-21)28-13-11-25(12-14-28)16-22(29)20-15-19(31-2)7-9-23(20)32-25/h3-10,15H,11-14,16H2,1-2H3. The van der Waals surface area contributed by atoms with E-state index in [1.807, 2.05) is 48.5 Å². The number of carbonyl (C=O) groups excluding carboxylic acids is 1. The quantitative estimate of drug-likeness (QED) is 0.614. The molecule has 1 saturated heterocycles. The number of piperidine rings is 1. The second kappa shape index (κ2) is 8.15. The van der Waals surface area contributed by atoms with Gasteiger partial charge in [0.15, 0.2) is 11.6 Å². The maximum Gasteiger partial charge on any atom is 0.170 e. The van der Waals surface area contributed by atoms with Crippen molar-refractivity contribution in [1.82, 2.24) is 10.2 Å². The number of Topliss-reactive ketones (excluding diaryl/α,β-unsaturated/α-hetero) is 1. The minimum Gasteiger partial charge on any atom is -0.497 e. The Labute approximate surface area is 186 Å². The van der Waals surface area contributed by atoms with Gasteiger partial charge in [-0.25, -0.2) is 0 Å². The van der Waals surface area contributed by atoms with Gasteiger partial charge in [-0.15, -0.1) is 10.2 Å². The van der Waals surface area contributed by atoms with Gasteiger partial charge in [-0.1, -0.05) is 0 Å². The summed E-state index contributed by atoms with van der Waals surface area (Å²) in [6.07, 6.45) is 1.90. The first-order valence-corrected chi connectivity index (χ1v) is 10.7. The third-order valence-corrected chi connectivity index (χ3v) is 6.33. The molecule has 2 aliphatic heterocycles. The molecule has 1 fully saturated rings. The maximum absolute atomic E-state index is 12.8. The summed E-state index contributed by atoms with van der Waals surface area (Å²) in [5, 5.41) is 8.86. The molecule has 0 atom stereocenters. The van der Waals surface area contributed by atoms with Crippen LogP contribution < -0.4 is 19.1 Å². The topological polar surface area (TPSA) is 73.8 Å². The predicted octanol–water partition coefficient (Wildman–Crippen LogP) is 4.17. The van der Waals surface area contributed by atoms with E-state index in [9.17, 15) is 4.79 Å². The Morgan fingerprint density at radius 2 is 1.62 bits per heavy atom. The highest BCUT2D eigenvalue weighted by molar-refractivity contribution is 6.00. The molecule has 164 valence electrons. The summed E-state index contributed by atoms with van der Waals surface area (Å²) in [6, 6.07) is 17.2. The zero-order chi connectivity index (χ0) is 22.1. The summed E-state index contributed by atoms with van der Waals surface area (Å²) >= 11 is 0. The molecule has 32 heavy (non-hydrogen) atoms. The van der Waals surface area contributed by atoms with Gasteiger partial charge in [0.25, 0.3) is 0 Å². The fourth-order valence-corrected chi connectivity index (χ4v) is 4.43. The molecule has 0 bridgehead atoms. The van der Waals surface area contributed by atoms with Crippen molar-refractivity contribution in [3.8, 4) is 28.5 Å². The summed E-state index contributed by atoms with van der Waals surface area (Å²) in [5.74, 6) is 3.08. The molecule has 0 N–H and O–H groups in total. The lowest BCUT2D eigenvalue weighted by Crippen LogP contribution is -2.51. The van der Waals surface area contributed by atoms with Gasteiger partial charge in [-0.2, -0.15) is 0 Å². The predicted molar refractivity (Wildman–Crippen MR) is 121 cm³/mol. The van der Waals surface area contributed by atoms with E-state index in [1.165, 1.54) is 0 Å². The van der Waals surface area contributed by atoms with E-state index in [-0.39, 0.29) is 5.78 Å². The summed E-state index contributed by atoms with van der Waals surface area (Å²) in [7, 11) is 3.25. The lowest BCUT2D eigenvalue weighted by molar-refractivity contribution is 0.0230. The average Bonchev–Trinajstić information content (AvgIpc) is 2.84. The summed E-state index contributed by atoms with van der Waals surface area (Å²) < 4.78 is 16.8. The number of rotatable bonds is 4. The van der Waals surface area contributed by atoms with Gasteiger partial charge in [0.2, 0.25) is 0 Å². The van der Waals surface area contributed by atoms with Gasteiger partial charge in [0.05, 0.1) is 31.9 Å². The summed E-state index contributed by atoms with van der Waals surface area (Å²) in [4.78, 5) is 15.0. The molecule has 5 rings (SSSR count). The molecular weight excluding hydrogens is 406 g/mol. The van der Waals surface area contributed by atoms with Crippen molar-refractivity contribution >= 4 is 11.6 Å². The third-order valence-electron chi connectivity index (χ3n) is 6.33. The van der Waals surface area contributed by atoms with Gasteiger partial charge in [-0.05, 0) is 54.6 Å². The van der Waals surface area contributed by atoms with Crippen molar-refractivity contribution in [3.63, 3.8) is 0 Å². The highest BCUT2D eigenvalue weighted by Gasteiger charge is 2.43. The van der Waals surface area contributed by atoms with Crippen LogP contribution in [0.5, 0.6) is 17.2 Å². The zero-order valence-electron chi connectivity index (χ0n) is 18.2. The Morgan fingerprint density at radius 3 is 2.28 bits per heavy atom. The number of benzene rings is 2. The van der Waals surface area contributed by atoms with Crippen molar-refractivity contribution in [1.29, 1.82) is 0 Å². The molecule has 7 nitrogen and oxygen atoms in total. The highest BCUT2D eigenvalue weighted by Crippen LogP contribution is 2.41. The number of methoxy groups -OCH3 is 2. The molecule has 7 heteroatoms. The van der Waals surface area contributed by atoms with Gasteiger partial charge < -0.3 is 19.1 Å². The van der Waals surface area contributed by atoms with Crippen LogP contribution in [0.1, 0.15) is 29.6 Å². The maximum atomic E-state index is 12.8. The first kappa shape index (κ1) is 20.3. The Balaban J connectivity index is 1.27. The zero-order valence-corrected chi connectivity index (χ0v) is 18.2. The number of ketones is 1. The molecular formula is C25H25N3O4. The number of hydrogen-bond acceptors (Lipinski definition) is 7. The van der Waals surface area contributed by atoms with E-state index in [2.05, 4.69) is 15.1 Å². The number of ether oxygens (including phenoxy) is 3. The van der Waals surface area contributed by atoms with E-state index in [0.29, 0.717) is 23.5 Å². The fourth-order valence-electron chi connectivity index (χ4n) is 4.43. The highest BCUT2D eigenvalue weighted by atomic mass is 16.5. The molecule has 3 heterocycles. The summed E-state index contributed by atoms with van der Waals surface area (Å²) in [6.45, 7) is 1.52. The molecule has 3 aromatic rings. The van der Waals surface area contributed by atoms with E-state index in [0.717, 1.165) is 48.8 Å². The lowest BCUT2D eigenvalue weighted by atomic mass is 9.82. The third kappa shape index (κ3) is 3.75. The van der Waals surface area contributed by atoms with Crippen LogP contribution >= 0.6 is 0 Å².